The fourth-order valence-electron chi connectivity index (χ4n) is 2.02. The first-order chi connectivity index (χ1) is 9.26. The molecule has 0 spiro atoms. The lowest BCUT2D eigenvalue weighted by molar-refractivity contribution is -0.134. The third kappa shape index (κ3) is 7.00. The summed E-state index contributed by atoms with van der Waals surface area (Å²) in [5, 5.41) is 0. The van der Waals surface area contributed by atoms with E-state index in [1.807, 2.05) is 18.2 Å². The van der Waals surface area contributed by atoms with Gasteiger partial charge in [0.2, 0.25) is 0 Å². The number of rotatable bonds is 9. The molecule has 1 aromatic carbocycles. The van der Waals surface area contributed by atoms with Crippen LogP contribution >= 0.6 is 0 Å². The van der Waals surface area contributed by atoms with Crippen molar-refractivity contribution in [1.29, 1.82) is 0 Å². The maximum atomic E-state index is 11.6. The lowest BCUT2D eigenvalue weighted by atomic mass is 10.1. The predicted octanol–water partition coefficient (Wildman–Crippen LogP) is 4.91. The van der Waals surface area contributed by atoms with Crippen LogP contribution in [-0.2, 0) is 11.2 Å². The molecule has 0 aliphatic heterocycles. The van der Waals surface area contributed by atoms with Gasteiger partial charge in [-0.1, -0.05) is 51.7 Å². The smallest absolute Gasteiger partial charge is 0.311 e. The summed E-state index contributed by atoms with van der Waals surface area (Å²) in [6.45, 7) is 4.29. The van der Waals surface area contributed by atoms with Crippen LogP contribution in [0.4, 0.5) is 0 Å². The minimum Gasteiger partial charge on any atom is -0.427 e. The van der Waals surface area contributed by atoms with E-state index in [-0.39, 0.29) is 5.97 Å². The first kappa shape index (κ1) is 15.7. The van der Waals surface area contributed by atoms with Gasteiger partial charge < -0.3 is 4.74 Å². The monoisotopic (exact) mass is 262 g/mol. The summed E-state index contributed by atoms with van der Waals surface area (Å²) in [5.74, 6) is 0.569. The molecule has 0 aromatic heterocycles. The maximum absolute atomic E-state index is 11.6. The van der Waals surface area contributed by atoms with Crippen LogP contribution in [0.15, 0.2) is 24.3 Å². The summed E-state index contributed by atoms with van der Waals surface area (Å²) in [5.41, 5.74) is 1.26. The van der Waals surface area contributed by atoms with Gasteiger partial charge in [0.05, 0.1) is 0 Å². The topological polar surface area (TPSA) is 26.3 Å². The van der Waals surface area contributed by atoms with E-state index < -0.39 is 0 Å². The van der Waals surface area contributed by atoms with Crippen LogP contribution < -0.4 is 4.74 Å². The SMILES string of the molecule is CCCCCCc1cccc(OC(=O)CCCC)c1. The molecule has 0 fully saturated rings. The highest BCUT2D eigenvalue weighted by molar-refractivity contribution is 5.72. The van der Waals surface area contributed by atoms with Gasteiger partial charge in [0.1, 0.15) is 5.75 Å². The lowest BCUT2D eigenvalue weighted by Crippen LogP contribution is -2.07. The van der Waals surface area contributed by atoms with Crippen LogP contribution in [0.25, 0.3) is 0 Å². The first-order valence-electron chi connectivity index (χ1n) is 7.56. The van der Waals surface area contributed by atoms with Crippen molar-refractivity contribution >= 4 is 5.97 Å². The second-order valence-corrected chi connectivity index (χ2v) is 5.04. The molecule has 1 aromatic rings. The second kappa shape index (κ2) is 9.60. The number of hydrogen-bond donors (Lipinski definition) is 0. The van der Waals surface area contributed by atoms with E-state index >= 15 is 0 Å². The van der Waals surface area contributed by atoms with Crippen molar-refractivity contribution in [2.75, 3.05) is 0 Å². The second-order valence-electron chi connectivity index (χ2n) is 5.04. The van der Waals surface area contributed by atoms with Gasteiger partial charge in [0.15, 0.2) is 0 Å². The summed E-state index contributed by atoms with van der Waals surface area (Å²) in [4.78, 5) is 11.6. The molecule has 0 saturated carbocycles. The van der Waals surface area contributed by atoms with Crippen molar-refractivity contribution in [1.82, 2.24) is 0 Å². The molecule has 0 aliphatic rings. The van der Waals surface area contributed by atoms with Gasteiger partial charge >= 0.3 is 5.97 Å². The molecule has 0 amide bonds. The number of ether oxygens (including phenoxy) is 1. The number of aryl methyl sites for hydroxylation is 1. The quantitative estimate of drug-likeness (QED) is 0.359. The van der Waals surface area contributed by atoms with E-state index in [0.29, 0.717) is 12.2 Å². The number of hydrogen-bond acceptors (Lipinski definition) is 2. The van der Waals surface area contributed by atoms with Gasteiger partial charge in [0, 0.05) is 6.42 Å². The standard InChI is InChI=1S/C17H26O2/c1-3-5-7-8-10-15-11-9-12-16(14-15)19-17(18)13-6-4-2/h9,11-12,14H,3-8,10,13H2,1-2H3. The van der Waals surface area contributed by atoms with E-state index in [0.717, 1.165) is 19.3 Å². The number of benzene rings is 1. The molecule has 0 saturated heterocycles. The molecule has 0 radical (unpaired) electrons. The van der Waals surface area contributed by atoms with Gasteiger partial charge in [-0.15, -0.1) is 0 Å². The molecule has 0 atom stereocenters. The van der Waals surface area contributed by atoms with E-state index in [1.165, 1.54) is 31.2 Å². The molecule has 0 bridgehead atoms. The highest BCUT2D eigenvalue weighted by Crippen LogP contribution is 2.16. The molecule has 2 heteroatoms. The Labute approximate surface area is 117 Å². The Hall–Kier alpha value is -1.31. The Morgan fingerprint density at radius 2 is 1.84 bits per heavy atom. The molecule has 1 rings (SSSR count). The van der Waals surface area contributed by atoms with Crippen molar-refractivity contribution in [3.05, 3.63) is 29.8 Å². The third-order valence-electron chi connectivity index (χ3n) is 3.18. The molecule has 2 nitrogen and oxygen atoms in total. The zero-order valence-corrected chi connectivity index (χ0v) is 12.3. The van der Waals surface area contributed by atoms with Gasteiger partial charge in [0.25, 0.3) is 0 Å². The van der Waals surface area contributed by atoms with Crippen LogP contribution in [0.2, 0.25) is 0 Å². The first-order valence-corrected chi connectivity index (χ1v) is 7.56. The molecule has 0 N–H and O–H groups in total. The average molecular weight is 262 g/mol. The van der Waals surface area contributed by atoms with Crippen molar-refractivity contribution in [3.63, 3.8) is 0 Å². The van der Waals surface area contributed by atoms with E-state index in [9.17, 15) is 4.79 Å². The van der Waals surface area contributed by atoms with E-state index in [4.69, 9.17) is 4.74 Å². The summed E-state index contributed by atoms with van der Waals surface area (Å²) >= 11 is 0. The van der Waals surface area contributed by atoms with Crippen LogP contribution in [0.1, 0.15) is 64.4 Å². The molecule has 0 aliphatic carbocycles. The van der Waals surface area contributed by atoms with Crippen molar-refractivity contribution in [2.45, 2.75) is 65.2 Å². The summed E-state index contributed by atoms with van der Waals surface area (Å²) in [7, 11) is 0. The Morgan fingerprint density at radius 3 is 2.58 bits per heavy atom. The fourth-order valence-corrected chi connectivity index (χ4v) is 2.02. The summed E-state index contributed by atoms with van der Waals surface area (Å²) in [6.07, 6.45) is 8.54. The zero-order chi connectivity index (χ0) is 13.9. The van der Waals surface area contributed by atoms with Crippen LogP contribution in [0.5, 0.6) is 5.75 Å². The molecule has 0 unspecified atom stereocenters. The highest BCUT2D eigenvalue weighted by atomic mass is 16.5. The average Bonchev–Trinajstić information content (AvgIpc) is 2.42. The Bertz CT molecular complexity index is 371. The van der Waals surface area contributed by atoms with Gasteiger partial charge in [-0.2, -0.15) is 0 Å². The minimum atomic E-state index is -0.120. The van der Waals surface area contributed by atoms with Crippen molar-refractivity contribution < 1.29 is 9.53 Å². The Kier molecular flexibility index (Phi) is 7.95. The number of carbonyl (C=O) groups is 1. The molecule has 0 heterocycles. The predicted molar refractivity (Wildman–Crippen MR) is 79.4 cm³/mol. The molecule has 106 valence electrons. The zero-order valence-electron chi connectivity index (χ0n) is 12.3. The highest BCUT2D eigenvalue weighted by Gasteiger charge is 2.04. The largest absolute Gasteiger partial charge is 0.427 e. The maximum Gasteiger partial charge on any atom is 0.311 e. The molecular formula is C17H26O2. The molecular weight excluding hydrogens is 236 g/mol. The number of unbranched alkanes of at least 4 members (excludes halogenated alkanes) is 4. The van der Waals surface area contributed by atoms with Gasteiger partial charge in [-0.25, -0.2) is 0 Å². The van der Waals surface area contributed by atoms with E-state index in [2.05, 4.69) is 19.9 Å². The van der Waals surface area contributed by atoms with Gasteiger partial charge in [-0.3, -0.25) is 4.79 Å². The van der Waals surface area contributed by atoms with Crippen molar-refractivity contribution in [3.8, 4) is 5.75 Å². The lowest BCUT2D eigenvalue weighted by Gasteiger charge is -2.06. The van der Waals surface area contributed by atoms with Gasteiger partial charge in [-0.05, 0) is 37.0 Å². The number of carbonyl (C=O) groups excluding carboxylic acids is 1. The summed E-state index contributed by atoms with van der Waals surface area (Å²) < 4.78 is 5.35. The van der Waals surface area contributed by atoms with Crippen LogP contribution in [0.3, 0.4) is 0 Å². The van der Waals surface area contributed by atoms with Crippen LogP contribution in [-0.4, -0.2) is 5.97 Å². The Balaban J connectivity index is 2.40. The normalized spacial score (nSPS) is 10.4. The van der Waals surface area contributed by atoms with Crippen molar-refractivity contribution in [2.24, 2.45) is 0 Å². The van der Waals surface area contributed by atoms with Crippen LogP contribution in [0, 0.1) is 0 Å². The minimum absolute atomic E-state index is 0.120. The fraction of sp³-hybridized carbons (Fsp3) is 0.588. The number of esters is 1. The Morgan fingerprint density at radius 1 is 1.05 bits per heavy atom. The van der Waals surface area contributed by atoms with E-state index in [1.54, 1.807) is 0 Å². The third-order valence-corrected chi connectivity index (χ3v) is 3.18. The molecule has 19 heavy (non-hydrogen) atoms. The summed E-state index contributed by atoms with van der Waals surface area (Å²) in [6, 6.07) is 7.93.